The first-order valence-electron chi connectivity index (χ1n) is 7.01. The van der Waals surface area contributed by atoms with Crippen LogP contribution in [0.25, 0.3) is 0 Å². The molecule has 0 aliphatic carbocycles. The molecule has 2 rings (SSSR count). The third-order valence-corrected chi connectivity index (χ3v) is 4.88. The van der Waals surface area contributed by atoms with Crippen LogP contribution in [0.1, 0.15) is 5.56 Å². The summed E-state index contributed by atoms with van der Waals surface area (Å²) in [5.74, 6) is 2.56. The van der Waals surface area contributed by atoms with Crippen molar-refractivity contribution in [3.63, 3.8) is 0 Å². The van der Waals surface area contributed by atoms with Crippen molar-refractivity contribution in [2.45, 2.75) is 4.90 Å². The van der Waals surface area contributed by atoms with Crippen molar-refractivity contribution in [3.05, 3.63) is 36.0 Å². The molecule has 0 spiro atoms. The minimum atomic E-state index is -3.49. The topological polar surface area (TPSA) is 108 Å². The van der Waals surface area contributed by atoms with E-state index in [-0.39, 0.29) is 28.9 Å². The summed E-state index contributed by atoms with van der Waals surface area (Å²) in [6.07, 6.45) is 6.44. The molecule has 0 aliphatic heterocycles. The first-order chi connectivity index (χ1) is 11.9. The van der Waals surface area contributed by atoms with Gasteiger partial charge in [0.1, 0.15) is 11.6 Å². The normalized spacial score (nSPS) is 10.8. The van der Waals surface area contributed by atoms with E-state index in [1.807, 2.05) is 6.07 Å². The molecule has 0 aliphatic rings. The Morgan fingerprint density at radius 3 is 2.56 bits per heavy atom. The number of anilines is 2. The van der Waals surface area contributed by atoms with Gasteiger partial charge in [-0.1, -0.05) is 5.92 Å². The van der Waals surface area contributed by atoms with E-state index in [0.717, 1.165) is 4.31 Å². The summed E-state index contributed by atoms with van der Waals surface area (Å²) in [7, 11) is -0.569. The third-order valence-electron chi connectivity index (χ3n) is 3.06. The number of aromatic nitrogens is 2. The Morgan fingerprint density at radius 2 is 2.00 bits per heavy atom. The molecular formula is C16H15N5O3S. The van der Waals surface area contributed by atoms with Gasteiger partial charge in [0.05, 0.1) is 11.1 Å². The number of sulfonamides is 1. The predicted octanol–water partition coefficient (Wildman–Crippen LogP) is 1.35. The lowest BCUT2D eigenvalue weighted by molar-refractivity contribution is 0.354. The highest BCUT2D eigenvalue weighted by atomic mass is 32.2. The van der Waals surface area contributed by atoms with Crippen LogP contribution in [0, 0.1) is 23.7 Å². The van der Waals surface area contributed by atoms with Crippen molar-refractivity contribution in [3.8, 4) is 24.3 Å². The fourth-order valence-corrected chi connectivity index (χ4v) is 2.67. The van der Waals surface area contributed by atoms with Gasteiger partial charge in [-0.15, -0.1) is 6.42 Å². The Balaban J connectivity index is 2.23. The molecule has 1 N–H and O–H groups in total. The molecule has 0 amide bonds. The number of ether oxygens (including phenoxy) is 1. The molecular weight excluding hydrogens is 342 g/mol. The van der Waals surface area contributed by atoms with Crippen LogP contribution in [0.3, 0.4) is 0 Å². The van der Waals surface area contributed by atoms with Gasteiger partial charge in [0.2, 0.25) is 21.9 Å². The quantitative estimate of drug-likeness (QED) is 0.777. The summed E-state index contributed by atoms with van der Waals surface area (Å²) < 4.78 is 30.4. The highest BCUT2D eigenvalue weighted by Crippen LogP contribution is 2.21. The molecule has 1 aromatic heterocycles. The molecule has 0 unspecified atom stereocenters. The van der Waals surface area contributed by atoms with Gasteiger partial charge in [-0.05, 0) is 24.3 Å². The van der Waals surface area contributed by atoms with Gasteiger partial charge >= 0.3 is 0 Å². The second-order valence-corrected chi connectivity index (χ2v) is 7.11. The highest BCUT2D eigenvalue weighted by molar-refractivity contribution is 7.89. The lowest BCUT2D eigenvalue weighted by Crippen LogP contribution is -2.22. The van der Waals surface area contributed by atoms with Gasteiger partial charge in [0, 0.05) is 19.8 Å². The largest absolute Gasteiger partial charge is 0.463 e. The Kier molecular flexibility index (Phi) is 5.55. The third kappa shape index (κ3) is 4.23. The fraction of sp³-hybridized carbons (Fsp3) is 0.188. The van der Waals surface area contributed by atoms with Gasteiger partial charge < -0.3 is 10.1 Å². The summed E-state index contributed by atoms with van der Waals surface area (Å²) in [6, 6.07) is 8.02. The van der Waals surface area contributed by atoms with E-state index in [0.29, 0.717) is 5.69 Å². The van der Waals surface area contributed by atoms with Crippen molar-refractivity contribution in [2.24, 2.45) is 0 Å². The Labute approximate surface area is 146 Å². The van der Waals surface area contributed by atoms with E-state index in [9.17, 15) is 8.42 Å². The van der Waals surface area contributed by atoms with E-state index in [1.165, 1.54) is 32.4 Å². The summed E-state index contributed by atoms with van der Waals surface area (Å²) in [6.45, 7) is -0.0256. The average Bonchev–Trinajstić information content (AvgIpc) is 2.60. The molecule has 2 aromatic rings. The molecule has 1 heterocycles. The Morgan fingerprint density at radius 1 is 1.32 bits per heavy atom. The Bertz CT molecular complexity index is 941. The van der Waals surface area contributed by atoms with Crippen LogP contribution >= 0.6 is 0 Å². The van der Waals surface area contributed by atoms with Crippen molar-refractivity contribution in [1.29, 1.82) is 5.26 Å². The maximum absolute atomic E-state index is 12.0. The fourth-order valence-electron chi connectivity index (χ4n) is 1.77. The second kappa shape index (κ2) is 7.62. The number of hydrogen-bond acceptors (Lipinski definition) is 7. The average molecular weight is 357 g/mol. The number of nitriles is 1. The molecule has 0 bridgehead atoms. The van der Waals surface area contributed by atoms with Gasteiger partial charge in [-0.25, -0.2) is 17.7 Å². The van der Waals surface area contributed by atoms with Crippen LogP contribution in [0.5, 0.6) is 5.88 Å². The standard InChI is InChI=1S/C16H15N5O3S/c1-4-9-24-15-12(10-17)11-18-16(20-15)19-13-5-7-14(8-6-13)25(22,23)21(2)3/h1,5-8,11H,9H2,2-3H3,(H,18,19,20). The van der Waals surface area contributed by atoms with Crippen LogP contribution in [-0.4, -0.2) is 43.4 Å². The molecule has 0 atom stereocenters. The smallest absolute Gasteiger partial charge is 0.242 e. The molecule has 1 aromatic carbocycles. The van der Waals surface area contributed by atoms with Crippen LogP contribution < -0.4 is 10.1 Å². The zero-order valence-electron chi connectivity index (χ0n) is 13.6. The SMILES string of the molecule is C#CCOc1nc(Nc2ccc(S(=O)(=O)N(C)C)cc2)ncc1C#N. The first kappa shape index (κ1) is 18.2. The van der Waals surface area contributed by atoms with Gasteiger partial charge in [-0.3, -0.25) is 0 Å². The summed E-state index contributed by atoms with van der Waals surface area (Å²) >= 11 is 0. The summed E-state index contributed by atoms with van der Waals surface area (Å²) in [4.78, 5) is 8.27. The zero-order valence-corrected chi connectivity index (χ0v) is 14.4. The lowest BCUT2D eigenvalue weighted by atomic mass is 10.3. The second-order valence-electron chi connectivity index (χ2n) is 4.95. The van der Waals surface area contributed by atoms with E-state index in [4.69, 9.17) is 16.4 Å². The maximum atomic E-state index is 12.0. The number of nitrogens with zero attached hydrogens (tertiary/aromatic N) is 4. The minimum Gasteiger partial charge on any atom is -0.463 e. The molecule has 9 heteroatoms. The van der Waals surface area contributed by atoms with E-state index < -0.39 is 10.0 Å². The number of nitrogens with one attached hydrogen (secondary N) is 1. The van der Waals surface area contributed by atoms with E-state index in [2.05, 4.69) is 21.2 Å². The zero-order chi connectivity index (χ0) is 18.4. The Hall–Kier alpha value is -3.14. The van der Waals surface area contributed by atoms with Gasteiger partial charge in [-0.2, -0.15) is 10.2 Å². The number of benzene rings is 1. The summed E-state index contributed by atoms with van der Waals surface area (Å²) in [5.41, 5.74) is 0.735. The van der Waals surface area contributed by atoms with Crippen molar-refractivity contribution in [1.82, 2.24) is 14.3 Å². The number of rotatable bonds is 6. The molecule has 0 saturated carbocycles. The monoisotopic (exact) mass is 357 g/mol. The molecule has 25 heavy (non-hydrogen) atoms. The highest BCUT2D eigenvalue weighted by Gasteiger charge is 2.16. The molecule has 128 valence electrons. The van der Waals surface area contributed by atoms with Crippen molar-refractivity contribution < 1.29 is 13.2 Å². The van der Waals surface area contributed by atoms with Crippen molar-refractivity contribution in [2.75, 3.05) is 26.0 Å². The maximum Gasteiger partial charge on any atom is 0.242 e. The van der Waals surface area contributed by atoms with Crippen LogP contribution in [0.15, 0.2) is 35.4 Å². The van der Waals surface area contributed by atoms with Crippen molar-refractivity contribution >= 4 is 21.7 Å². The van der Waals surface area contributed by atoms with Crippen LogP contribution in [0.2, 0.25) is 0 Å². The number of hydrogen-bond donors (Lipinski definition) is 1. The van der Waals surface area contributed by atoms with Crippen LogP contribution in [0.4, 0.5) is 11.6 Å². The molecule has 0 saturated heterocycles. The predicted molar refractivity (Wildman–Crippen MR) is 91.7 cm³/mol. The molecule has 0 fully saturated rings. The van der Waals surface area contributed by atoms with E-state index >= 15 is 0 Å². The summed E-state index contributed by atoms with van der Waals surface area (Å²) in [5, 5.41) is 11.9. The molecule has 8 nitrogen and oxygen atoms in total. The van der Waals surface area contributed by atoms with Gasteiger partial charge in [0.15, 0.2) is 6.61 Å². The van der Waals surface area contributed by atoms with Crippen LogP contribution in [-0.2, 0) is 10.0 Å². The minimum absolute atomic E-state index is 0.0256. The van der Waals surface area contributed by atoms with E-state index in [1.54, 1.807) is 12.1 Å². The number of terminal acetylenes is 1. The lowest BCUT2D eigenvalue weighted by Gasteiger charge is -2.12. The van der Waals surface area contributed by atoms with Gasteiger partial charge in [0.25, 0.3) is 0 Å². The molecule has 0 radical (unpaired) electrons. The first-order valence-corrected chi connectivity index (χ1v) is 8.45.